The summed E-state index contributed by atoms with van der Waals surface area (Å²) in [5, 5.41) is 2.94. The van der Waals surface area contributed by atoms with Crippen LogP contribution >= 0.6 is 0 Å². The highest BCUT2D eigenvalue weighted by Gasteiger charge is 2.07. The number of hydrogen-bond donors (Lipinski definition) is 1. The van der Waals surface area contributed by atoms with Crippen molar-refractivity contribution in [3.8, 4) is 17.2 Å². The minimum Gasteiger partial charge on any atom is -0.493 e. The van der Waals surface area contributed by atoms with E-state index >= 15 is 0 Å². The van der Waals surface area contributed by atoms with Crippen molar-refractivity contribution in [2.45, 2.75) is 13.0 Å². The molecule has 150 valence electrons. The minimum absolute atomic E-state index is 0.111. The minimum atomic E-state index is -0.111. The van der Waals surface area contributed by atoms with Gasteiger partial charge in [0.15, 0.2) is 11.5 Å². The van der Waals surface area contributed by atoms with E-state index in [-0.39, 0.29) is 5.91 Å². The quantitative estimate of drug-likeness (QED) is 0.592. The third-order valence-corrected chi connectivity index (χ3v) is 4.51. The molecule has 0 aliphatic heterocycles. The van der Waals surface area contributed by atoms with Crippen LogP contribution in [0.25, 0.3) is 0 Å². The highest BCUT2D eigenvalue weighted by Crippen LogP contribution is 2.27. The number of nitrogens with one attached hydrogen (secondary N) is 1. The van der Waals surface area contributed by atoms with Crippen molar-refractivity contribution >= 4 is 5.91 Å². The van der Waals surface area contributed by atoms with Gasteiger partial charge in [0, 0.05) is 12.1 Å². The number of amides is 1. The fourth-order valence-corrected chi connectivity index (χ4v) is 2.90. The molecule has 3 rings (SSSR count). The Morgan fingerprint density at radius 2 is 1.55 bits per heavy atom. The molecular formula is C24H25NO4. The van der Waals surface area contributed by atoms with E-state index in [4.69, 9.17) is 14.2 Å². The summed E-state index contributed by atoms with van der Waals surface area (Å²) in [6, 6.07) is 22.9. The normalized spacial score (nSPS) is 10.3. The van der Waals surface area contributed by atoms with Crippen LogP contribution in [0.3, 0.4) is 0 Å². The SMILES string of the molecule is COc1ccc(CCNC(=O)c2ccc(OCc3ccccc3)cc2)cc1OC. The monoisotopic (exact) mass is 391 g/mol. The number of hydrogen-bond acceptors (Lipinski definition) is 4. The zero-order chi connectivity index (χ0) is 20.5. The Kier molecular flexibility index (Phi) is 7.11. The first-order valence-electron chi connectivity index (χ1n) is 9.45. The summed E-state index contributed by atoms with van der Waals surface area (Å²) in [5.41, 5.74) is 2.77. The van der Waals surface area contributed by atoms with Crippen LogP contribution in [0.1, 0.15) is 21.5 Å². The molecule has 0 fully saturated rings. The van der Waals surface area contributed by atoms with Crippen LogP contribution in [0.5, 0.6) is 17.2 Å². The molecule has 29 heavy (non-hydrogen) atoms. The lowest BCUT2D eigenvalue weighted by Gasteiger charge is -2.10. The maximum Gasteiger partial charge on any atom is 0.251 e. The molecule has 0 saturated carbocycles. The Morgan fingerprint density at radius 3 is 2.24 bits per heavy atom. The molecule has 1 N–H and O–H groups in total. The first-order valence-corrected chi connectivity index (χ1v) is 9.45. The van der Waals surface area contributed by atoms with Gasteiger partial charge in [-0.25, -0.2) is 0 Å². The second-order valence-electron chi connectivity index (χ2n) is 6.49. The van der Waals surface area contributed by atoms with E-state index in [1.54, 1.807) is 26.4 Å². The number of carbonyl (C=O) groups excluding carboxylic acids is 1. The standard InChI is InChI=1S/C24H25NO4/c1-27-22-13-8-18(16-23(22)28-2)14-15-25-24(26)20-9-11-21(12-10-20)29-17-19-6-4-3-5-7-19/h3-13,16H,14-15,17H2,1-2H3,(H,25,26). The van der Waals surface area contributed by atoms with Gasteiger partial charge in [0.25, 0.3) is 5.91 Å². The summed E-state index contributed by atoms with van der Waals surface area (Å²) in [4.78, 5) is 12.4. The lowest BCUT2D eigenvalue weighted by atomic mass is 10.1. The molecular weight excluding hydrogens is 366 g/mol. The van der Waals surface area contributed by atoms with E-state index in [1.165, 1.54) is 0 Å². The summed E-state index contributed by atoms with van der Waals surface area (Å²) < 4.78 is 16.3. The predicted molar refractivity (Wildman–Crippen MR) is 113 cm³/mol. The molecule has 0 unspecified atom stereocenters. The Bertz CT molecular complexity index is 923. The van der Waals surface area contributed by atoms with E-state index in [0.29, 0.717) is 36.6 Å². The number of carbonyl (C=O) groups is 1. The van der Waals surface area contributed by atoms with Gasteiger partial charge in [0.1, 0.15) is 12.4 Å². The molecule has 0 aliphatic carbocycles. The molecule has 0 aromatic heterocycles. The summed E-state index contributed by atoms with van der Waals surface area (Å²) in [6.45, 7) is 1.03. The van der Waals surface area contributed by atoms with Crippen molar-refractivity contribution in [1.29, 1.82) is 0 Å². The maximum atomic E-state index is 12.4. The number of ether oxygens (including phenoxy) is 3. The van der Waals surface area contributed by atoms with Crippen molar-refractivity contribution in [3.05, 3.63) is 89.5 Å². The Labute approximate surface area is 171 Å². The molecule has 5 heteroatoms. The second kappa shape index (κ2) is 10.2. The molecule has 0 spiro atoms. The largest absolute Gasteiger partial charge is 0.493 e. The highest BCUT2D eigenvalue weighted by atomic mass is 16.5. The molecule has 0 radical (unpaired) electrons. The lowest BCUT2D eigenvalue weighted by Crippen LogP contribution is -2.25. The van der Waals surface area contributed by atoms with Gasteiger partial charge in [-0.3, -0.25) is 4.79 Å². The molecule has 0 atom stereocenters. The molecule has 3 aromatic carbocycles. The molecule has 3 aromatic rings. The van der Waals surface area contributed by atoms with Gasteiger partial charge >= 0.3 is 0 Å². The van der Waals surface area contributed by atoms with E-state index in [0.717, 1.165) is 16.9 Å². The van der Waals surface area contributed by atoms with Crippen molar-refractivity contribution < 1.29 is 19.0 Å². The molecule has 0 bridgehead atoms. The van der Waals surface area contributed by atoms with Crippen molar-refractivity contribution in [1.82, 2.24) is 5.32 Å². The van der Waals surface area contributed by atoms with Crippen LogP contribution in [-0.4, -0.2) is 26.7 Å². The zero-order valence-electron chi connectivity index (χ0n) is 16.7. The van der Waals surface area contributed by atoms with Gasteiger partial charge in [-0.05, 0) is 53.9 Å². The van der Waals surface area contributed by atoms with Gasteiger partial charge < -0.3 is 19.5 Å². The Morgan fingerprint density at radius 1 is 0.828 bits per heavy atom. The van der Waals surface area contributed by atoms with E-state index in [1.807, 2.05) is 60.7 Å². The Hall–Kier alpha value is -3.47. The Balaban J connectivity index is 1.48. The summed E-state index contributed by atoms with van der Waals surface area (Å²) in [7, 11) is 3.21. The first-order chi connectivity index (χ1) is 14.2. The van der Waals surface area contributed by atoms with Crippen LogP contribution in [0.15, 0.2) is 72.8 Å². The van der Waals surface area contributed by atoms with Gasteiger partial charge in [0.2, 0.25) is 0 Å². The molecule has 1 amide bonds. The third-order valence-electron chi connectivity index (χ3n) is 4.51. The van der Waals surface area contributed by atoms with Crippen molar-refractivity contribution in [2.75, 3.05) is 20.8 Å². The number of rotatable bonds is 9. The predicted octanol–water partition coefficient (Wildman–Crippen LogP) is 4.26. The smallest absolute Gasteiger partial charge is 0.251 e. The summed E-state index contributed by atoms with van der Waals surface area (Å²) in [6.07, 6.45) is 0.699. The summed E-state index contributed by atoms with van der Waals surface area (Å²) in [5.74, 6) is 1.99. The lowest BCUT2D eigenvalue weighted by molar-refractivity contribution is 0.0954. The fraction of sp³-hybridized carbons (Fsp3) is 0.208. The van der Waals surface area contributed by atoms with Crippen molar-refractivity contribution in [3.63, 3.8) is 0 Å². The van der Waals surface area contributed by atoms with Crippen LogP contribution in [0.2, 0.25) is 0 Å². The van der Waals surface area contributed by atoms with Crippen molar-refractivity contribution in [2.24, 2.45) is 0 Å². The topological polar surface area (TPSA) is 56.8 Å². The van der Waals surface area contributed by atoms with Gasteiger partial charge in [-0.1, -0.05) is 36.4 Å². The number of methoxy groups -OCH3 is 2. The van der Waals surface area contributed by atoms with E-state index in [2.05, 4.69) is 5.32 Å². The van der Waals surface area contributed by atoms with Crippen LogP contribution in [0.4, 0.5) is 0 Å². The summed E-state index contributed by atoms with van der Waals surface area (Å²) >= 11 is 0. The zero-order valence-corrected chi connectivity index (χ0v) is 16.7. The van der Waals surface area contributed by atoms with E-state index in [9.17, 15) is 4.79 Å². The maximum absolute atomic E-state index is 12.4. The highest BCUT2D eigenvalue weighted by molar-refractivity contribution is 5.94. The third kappa shape index (κ3) is 5.75. The molecule has 5 nitrogen and oxygen atoms in total. The van der Waals surface area contributed by atoms with Crippen LogP contribution in [-0.2, 0) is 13.0 Å². The van der Waals surface area contributed by atoms with Gasteiger partial charge in [0.05, 0.1) is 14.2 Å². The average molecular weight is 391 g/mol. The average Bonchev–Trinajstić information content (AvgIpc) is 2.78. The van der Waals surface area contributed by atoms with Gasteiger partial charge in [-0.2, -0.15) is 0 Å². The number of benzene rings is 3. The second-order valence-corrected chi connectivity index (χ2v) is 6.49. The van der Waals surface area contributed by atoms with E-state index < -0.39 is 0 Å². The van der Waals surface area contributed by atoms with Crippen LogP contribution < -0.4 is 19.5 Å². The first kappa shape index (κ1) is 20.3. The fourth-order valence-electron chi connectivity index (χ4n) is 2.90. The van der Waals surface area contributed by atoms with Crippen LogP contribution in [0, 0.1) is 0 Å². The van der Waals surface area contributed by atoms with Gasteiger partial charge in [-0.15, -0.1) is 0 Å². The molecule has 0 saturated heterocycles. The molecule has 0 heterocycles. The molecule has 0 aliphatic rings.